The molecule has 1 atom stereocenters. The van der Waals surface area contributed by atoms with Crippen molar-refractivity contribution in [2.75, 3.05) is 13.2 Å². The van der Waals surface area contributed by atoms with E-state index in [1.807, 2.05) is 0 Å². The quantitative estimate of drug-likeness (QED) is 0.0261. The van der Waals surface area contributed by atoms with Gasteiger partial charge in [0.2, 0.25) is 0 Å². The van der Waals surface area contributed by atoms with Gasteiger partial charge in [-0.25, -0.2) is 0 Å². The van der Waals surface area contributed by atoms with Crippen molar-refractivity contribution in [3.63, 3.8) is 0 Å². The summed E-state index contributed by atoms with van der Waals surface area (Å²) < 4.78 is 16.9. The molecule has 1 unspecified atom stereocenters. The Morgan fingerprint density at radius 3 is 0.803 bits per heavy atom. The highest BCUT2D eigenvalue weighted by atomic mass is 16.6. The molecule has 0 aliphatic heterocycles. The molecule has 0 radical (unpaired) electrons. The van der Waals surface area contributed by atoms with Gasteiger partial charge in [0.05, 0.1) is 0 Å². The summed E-state index contributed by atoms with van der Waals surface area (Å²) in [7, 11) is 0. The Labute approximate surface area is 472 Å². The van der Waals surface area contributed by atoms with E-state index in [0.717, 1.165) is 109 Å². The summed E-state index contributed by atoms with van der Waals surface area (Å²) in [5.41, 5.74) is 0. The van der Waals surface area contributed by atoms with Gasteiger partial charge in [0.25, 0.3) is 0 Å². The van der Waals surface area contributed by atoms with Gasteiger partial charge in [-0.3, -0.25) is 14.4 Å². The Morgan fingerprint density at radius 1 is 0.263 bits per heavy atom. The molecule has 0 spiro atoms. The summed E-state index contributed by atoms with van der Waals surface area (Å²) in [4.78, 5) is 38.2. The van der Waals surface area contributed by atoms with Crippen molar-refractivity contribution in [3.8, 4) is 0 Å². The van der Waals surface area contributed by atoms with E-state index in [1.165, 1.54) is 186 Å². The predicted molar refractivity (Wildman–Crippen MR) is 330 cm³/mol. The molecule has 0 aliphatic carbocycles. The molecule has 0 aliphatic rings. The Hall–Kier alpha value is -3.15. The molecular formula is C70H124O6. The van der Waals surface area contributed by atoms with Crippen LogP contribution in [0.25, 0.3) is 0 Å². The number of carbonyl (C=O) groups excluding carboxylic acids is 3. The van der Waals surface area contributed by atoms with Crippen LogP contribution in [0, 0.1) is 0 Å². The first-order valence-corrected chi connectivity index (χ1v) is 32.9. The number of hydrogen-bond acceptors (Lipinski definition) is 6. The molecule has 0 bridgehead atoms. The molecular weight excluding hydrogens is 937 g/mol. The highest BCUT2D eigenvalue weighted by molar-refractivity contribution is 5.71. The Bertz CT molecular complexity index is 1400. The minimum atomic E-state index is -0.785. The van der Waals surface area contributed by atoms with Crippen LogP contribution in [0.2, 0.25) is 0 Å². The van der Waals surface area contributed by atoms with Crippen LogP contribution in [0.4, 0.5) is 0 Å². The molecule has 6 heteroatoms. The van der Waals surface area contributed by atoms with E-state index >= 15 is 0 Å². The third kappa shape index (κ3) is 61.7. The van der Waals surface area contributed by atoms with Crippen molar-refractivity contribution < 1.29 is 28.6 Å². The first-order valence-electron chi connectivity index (χ1n) is 32.9. The average molecular weight is 1060 g/mol. The third-order valence-corrected chi connectivity index (χ3v) is 14.4. The van der Waals surface area contributed by atoms with Crippen LogP contribution in [0.5, 0.6) is 0 Å². The van der Waals surface area contributed by atoms with Gasteiger partial charge in [0.15, 0.2) is 6.10 Å². The van der Waals surface area contributed by atoms with Crippen LogP contribution in [-0.4, -0.2) is 37.2 Å². The molecule has 0 heterocycles. The maximum Gasteiger partial charge on any atom is 0.306 e. The molecule has 0 aromatic carbocycles. The zero-order valence-corrected chi connectivity index (χ0v) is 50.5. The lowest BCUT2D eigenvalue weighted by Crippen LogP contribution is -2.30. The molecule has 0 aromatic heterocycles. The Morgan fingerprint density at radius 2 is 0.500 bits per heavy atom. The van der Waals surface area contributed by atoms with Crippen molar-refractivity contribution in [3.05, 3.63) is 72.9 Å². The molecule has 0 saturated heterocycles. The second-order valence-electron chi connectivity index (χ2n) is 22.0. The van der Waals surface area contributed by atoms with Crippen molar-refractivity contribution in [1.29, 1.82) is 0 Å². The van der Waals surface area contributed by atoms with E-state index in [1.54, 1.807) is 0 Å². The summed E-state index contributed by atoms with van der Waals surface area (Å²) in [6.45, 7) is 6.57. The van der Waals surface area contributed by atoms with Gasteiger partial charge in [-0.15, -0.1) is 0 Å². The van der Waals surface area contributed by atoms with E-state index in [9.17, 15) is 14.4 Å². The summed E-state index contributed by atoms with van der Waals surface area (Å²) in [6, 6.07) is 0. The van der Waals surface area contributed by atoms with Crippen molar-refractivity contribution in [2.45, 2.75) is 341 Å². The second-order valence-corrected chi connectivity index (χ2v) is 22.0. The number of esters is 3. The number of allylic oxidation sites excluding steroid dienone is 12. The van der Waals surface area contributed by atoms with Gasteiger partial charge in [-0.1, -0.05) is 280 Å². The molecule has 6 nitrogen and oxygen atoms in total. The smallest absolute Gasteiger partial charge is 0.306 e. The first kappa shape index (κ1) is 72.8. The largest absolute Gasteiger partial charge is 0.462 e. The van der Waals surface area contributed by atoms with Crippen molar-refractivity contribution in [1.82, 2.24) is 0 Å². The topological polar surface area (TPSA) is 78.9 Å². The maximum atomic E-state index is 12.9. The van der Waals surface area contributed by atoms with E-state index in [4.69, 9.17) is 14.2 Å². The maximum absolute atomic E-state index is 12.9. The number of unbranched alkanes of at least 4 members (excludes halogenated alkanes) is 37. The molecule has 0 saturated carbocycles. The van der Waals surface area contributed by atoms with E-state index in [2.05, 4.69) is 93.7 Å². The first-order chi connectivity index (χ1) is 37.5. The minimum absolute atomic E-state index is 0.0809. The number of ether oxygens (including phenoxy) is 3. The third-order valence-electron chi connectivity index (χ3n) is 14.4. The summed E-state index contributed by atoms with van der Waals surface area (Å²) in [5.74, 6) is -0.891. The fourth-order valence-corrected chi connectivity index (χ4v) is 9.43. The molecule has 0 N–H and O–H groups in total. The van der Waals surface area contributed by atoms with Gasteiger partial charge in [0.1, 0.15) is 13.2 Å². The molecule has 0 amide bonds. The van der Waals surface area contributed by atoms with Gasteiger partial charge < -0.3 is 14.2 Å². The van der Waals surface area contributed by atoms with Gasteiger partial charge in [-0.2, -0.15) is 0 Å². The Kier molecular flexibility index (Phi) is 61.7. The van der Waals surface area contributed by atoms with Gasteiger partial charge in [-0.05, 0) is 109 Å². The van der Waals surface area contributed by atoms with Gasteiger partial charge >= 0.3 is 17.9 Å². The van der Waals surface area contributed by atoms with E-state index in [-0.39, 0.29) is 31.1 Å². The van der Waals surface area contributed by atoms with Crippen LogP contribution in [-0.2, 0) is 28.6 Å². The van der Waals surface area contributed by atoms with Crippen LogP contribution in [0.15, 0.2) is 72.9 Å². The molecule has 440 valence electrons. The zero-order valence-electron chi connectivity index (χ0n) is 50.5. The molecule has 0 aromatic rings. The monoisotopic (exact) mass is 1060 g/mol. The normalized spacial score (nSPS) is 12.5. The van der Waals surface area contributed by atoms with Crippen LogP contribution >= 0.6 is 0 Å². The van der Waals surface area contributed by atoms with Gasteiger partial charge in [0, 0.05) is 19.3 Å². The van der Waals surface area contributed by atoms with Crippen LogP contribution in [0.3, 0.4) is 0 Å². The standard InChI is InChI=1S/C70H124O6/c1-4-7-10-13-16-19-22-25-27-28-29-30-31-32-33-34-35-36-37-38-39-40-41-42-43-46-48-51-54-57-60-63-69(72)75-66-67(65-74-68(71)62-59-56-53-50-47-44-24-21-18-15-12-9-6-3)76-70(73)64-61-58-55-52-49-45-26-23-20-17-14-11-8-5-2/h12,15,21-26,28-29,31-32,67H,4-11,13-14,16-20,27,30,33-66H2,1-3H3/b15-12-,24-21-,25-22-,26-23-,29-28-,32-31-. The lowest BCUT2D eigenvalue weighted by Gasteiger charge is -2.18. The Balaban J connectivity index is 4.16. The fraction of sp³-hybridized carbons (Fsp3) is 0.786. The van der Waals surface area contributed by atoms with Crippen LogP contribution < -0.4 is 0 Å². The lowest BCUT2D eigenvalue weighted by molar-refractivity contribution is -0.167. The number of hydrogen-bond donors (Lipinski definition) is 0. The van der Waals surface area contributed by atoms with Crippen molar-refractivity contribution >= 4 is 17.9 Å². The molecule has 0 fully saturated rings. The number of rotatable bonds is 60. The van der Waals surface area contributed by atoms with Crippen molar-refractivity contribution in [2.24, 2.45) is 0 Å². The minimum Gasteiger partial charge on any atom is -0.462 e. The lowest BCUT2D eigenvalue weighted by atomic mass is 10.0. The SMILES string of the molecule is CCC/C=C\C/C=C\CCCCCCCC(=O)OCC(COC(=O)CCCCCCCCCCCCCCCCCC/C=C\C/C=C\C/C=C\CCCCCCC)OC(=O)CCCCCCC/C=C\CCCCCCC. The second kappa shape index (κ2) is 64.4. The summed E-state index contributed by atoms with van der Waals surface area (Å²) in [6.07, 6.45) is 83.5. The predicted octanol–water partition coefficient (Wildman–Crippen LogP) is 22.5. The summed E-state index contributed by atoms with van der Waals surface area (Å²) >= 11 is 0. The number of carbonyl (C=O) groups is 3. The molecule has 0 rings (SSSR count). The summed E-state index contributed by atoms with van der Waals surface area (Å²) in [5, 5.41) is 0. The zero-order chi connectivity index (χ0) is 55.0. The average Bonchev–Trinajstić information content (AvgIpc) is 3.42. The molecule has 76 heavy (non-hydrogen) atoms. The van der Waals surface area contributed by atoms with E-state index in [0.29, 0.717) is 19.3 Å². The highest BCUT2D eigenvalue weighted by Crippen LogP contribution is 2.17. The fourth-order valence-electron chi connectivity index (χ4n) is 9.43. The van der Waals surface area contributed by atoms with Crippen LogP contribution in [0.1, 0.15) is 335 Å². The highest BCUT2D eigenvalue weighted by Gasteiger charge is 2.19. The van der Waals surface area contributed by atoms with E-state index < -0.39 is 6.10 Å².